The van der Waals surface area contributed by atoms with Gasteiger partial charge in [-0.1, -0.05) is 46.8 Å². The molecule has 3 unspecified atom stereocenters. The fourth-order valence-electron chi connectivity index (χ4n) is 5.88. The summed E-state index contributed by atoms with van der Waals surface area (Å²) >= 11 is 8.37. The molecular formula is C30H28ClN3O6S2. The Balaban J connectivity index is 1.38. The van der Waals surface area contributed by atoms with Crippen molar-refractivity contribution in [1.29, 1.82) is 0 Å². The second-order valence-electron chi connectivity index (χ2n) is 10.4. The minimum absolute atomic E-state index is 0.108. The number of aromatic nitrogens is 1. The van der Waals surface area contributed by atoms with Crippen LogP contribution >= 0.6 is 34.7 Å². The highest BCUT2D eigenvalue weighted by Crippen LogP contribution is 2.54. The zero-order chi connectivity index (χ0) is 29.5. The lowest BCUT2D eigenvalue weighted by atomic mass is 9.83. The number of ether oxygens (including phenoxy) is 1. The van der Waals surface area contributed by atoms with E-state index in [0.29, 0.717) is 39.3 Å². The normalized spacial score (nSPS) is 21.7. The first-order chi connectivity index (χ1) is 20.3. The first-order valence-corrected chi connectivity index (χ1v) is 15.9. The monoisotopic (exact) mass is 625 g/mol. The van der Waals surface area contributed by atoms with Gasteiger partial charge < -0.3 is 9.64 Å². The van der Waals surface area contributed by atoms with Crippen molar-refractivity contribution in [3.63, 3.8) is 0 Å². The van der Waals surface area contributed by atoms with Crippen molar-refractivity contribution in [2.24, 2.45) is 5.92 Å². The van der Waals surface area contributed by atoms with Gasteiger partial charge in [0.1, 0.15) is 11.8 Å². The summed E-state index contributed by atoms with van der Waals surface area (Å²) in [6.07, 6.45) is 2.96. The summed E-state index contributed by atoms with van der Waals surface area (Å²) < 4.78 is 6.51. The minimum Gasteiger partial charge on any atom is -0.462 e. The molecule has 0 saturated carbocycles. The van der Waals surface area contributed by atoms with Crippen LogP contribution in [-0.2, 0) is 25.7 Å². The van der Waals surface area contributed by atoms with Crippen LogP contribution in [0.1, 0.15) is 52.9 Å². The van der Waals surface area contributed by atoms with Crippen molar-refractivity contribution in [3.8, 4) is 0 Å². The number of imide groups is 1. The number of thiazole rings is 1. The van der Waals surface area contributed by atoms with E-state index in [0.717, 1.165) is 41.1 Å². The van der Waals surface area contributed by atoms with Gasteiger partial charge >= 0.3 is 10.8 Å². The Hall–Kier alpha value is -3.41. The third kappa shape index (κ3) is 5.07. The number of rotatable bonds is 6. The average molecular weight is 626 g/mol. The highest BCUT2D eigenvalue weighted by Gasteiger charge is 2.56. The highest BCUT2D eigenvalue weighted by atomic mass is 35.5. The van der Waals surface area contributed by atoms with Gasteiger partial charge in [0.05, 0.1) is 28.8 Å². The molecule has 2 fully saturated rings. The molecule has 3 aliphatic rings. The molecule has 2 aromatic carbocycles. The van der Waals surface area contributed by atoms with Gasteiger partial charge in [-0.25, -0.2) is 9.69 Å². The fraction of sp³-hybridized carbons (Fsp3) is 0.367. The summed E-state index contributed by atoms with van der Waals surface area (Å²) in [5.41, 5.74) is 1.42. The lowest BCUT2D eigenvalue weighted by molar-refractivity contribution is -0.133. The zero-order valence-electron chi connectivity index (χ0n) is 22.8. The second kappa shape index (κ2) is 11.7. The van der Waals surface area contributed by atoms with Gasteiger partial charge in [0, 0.05) is 28.9 Å². The summed E-state index contributed by atoms with van der Waals surface area (Å²) in [7, 11) is 0. The van der Waals surface area contributed by atoms with Crippen LogP contribution in [-0.4, -0.2) is 58.1 Å². The maximum absolute atomic E-state index is 14.0. The summed E-state index contributed by atoms with van der Waals surface area (Å²) in [5.74, 6) is -2.75. The predicted molar refractivity (Wildman–Crippen MR) is 160 cm³/mol. The molecule has 42 heavy (non-hydrogen) atoms. The fourth-order valence-corrected chi connectivity index (χ4v) is 8.78. The van der Waals surface area contributed by atoms with Crippen LogP contribution < -0.4 is 9.77 Å². The van der Waals surface area contributed by atoms with E-state index >= 15 is 0 Å². The quantitative estimate of drug-likeness (QED) is 0.292. The van der Waals surface area contributed by atoms with Crippen molar-refractivity contribution in [1.82, 2.24) is 9.47 Å². The number of anilines is 1. The van der Waals surface area contributed by atoms with E-state index in [-0.39, 0.29) is 29.8 Å². The number of piperidine rings is 1. The molecule has 3 aromatic rings. The molecule has 0 bridgehead atoms. The molecule has 0 aliphatic carbocycles. The third-order valence-electron chi connectivity index (χ3n) is 7.92. The molecule has 0 N–H and O–H groups in total. The molecule has 3 aliphatic heterocycles. The molecule has 1 aromatic heterocycles. The van der Waals surface area contributed by atoms with Crippen LogP contribution in [0.2, 0.25) is 5.02 Å². The first-order valence-electron chi connectivity index (χ1n) is 13.9. The van der Waals surface area contributed by atoms with E-state index in [4.69, 9.17) is 16.3 Å². The molecule has 2 saturated heterocycles. The molecule has 9 nitrogen and oxygen atoms in total. The molecule has 218 valence electrons. The number of carbonyl (C=O) groups is 4. The Labute approximate surface area is 255 Å². The number of fused-ring (bicyclic) bond motifs is 2. The number of likely N-dealkylation sites (tertiary alicyclic amines) is 1. The second-order valence-corrected chi connectivity index (χ2v) is 13.0. The predicted octanol–water partition coefficient (Wildman–Crippen LogP) is 4.55. The Morgan fingerprint density at radius 3 is 2.31 bits per heavy atom. The topological polar surface area (TPSA) is 106 Å². The lowest BCUT2D eigenvalue weighted by Crippen LogP contribution is -2.39. The number of halogens is 1. The number of carbonyl (C=O) groups excluding carboxylic acids is 4. The number of benzene rings is 2. The van der Waals surface area contributed by atoms with Crippen LogP contribution in [0.3, 0.4) is 0 Å². The van der Waals surface area contributed by atoms with Gasteiger partial charge in [-0.15, -0.1) is 0 Å². The van der Waals surface area contributed by atoms with Crippen LogP contribution in [0, 0.1) is 5.92 Å². The third-order valence-corrected chi connectivity index (χ3v) is 10.8. The minimum atomic E-state index is -0.805. The SMILES string of the molecule is CCOC(=O)c1ccc(N2C(=O)C3Sc4c(sc(=O)n4CC(=O)N4CCCCC4)C(c4ccc(Cl)cc4)C3C2=O)cc1. The molecule has 0 radical (unpaired) electrons. The maximum Gasteiger partial charge on any atom is 0.338 e. The van der Waals surface area contributed by atoms with Crippen LogP contribution in [0.4, 0.5) is 5.69 Å². The van der Waals surface area contributed by atoms with Gasteiger partial charge in [0.2, 0.25) is 17.7 Å². The smallest absolute Gasteiger partial charge is 0.338 e. The summed E-state index contributed by atoms with van der Waals surface area (Å²) in [6.45, 7) is 3.18. The van der Waals surface area contributed by atoms with Gasteiger partial charge in [-0.05, 0) is 68.1 Å². The van der Waals surface area contributed by atoms with E-state index in [9.17, 15) is 24.0 Å². The number of hydrogen-bond donors (Lipinski definition) is 0. The standard InChI is InChI=1S/C30H28ClN3O6S2/c1-2-40-29(38)18-8-12-20(13-9-18)34-26(36)23-22(17-6-10-19(31)11-7-17)25-28(41-24(23)27(34)37)33(30(39)42-25)16-21(35)32-14-4-3-5-15-32/h6-13,22-24H,2-5,14-16H2,1H3. The molecule has 3 amide bonds. The van der Waals surface area contributed by atoms with E-state index in [1.54, 1.807) is 36.1 Å². The van der Waals surface area contributed by atoms with Crippen molar-refractivity contribution < 1.29 is 23.9 Å². The van der Waals surface area contributed by atoms with Gasteiger partial charge in [-0.2, -0.15) is 0 Å². The van der Waals surface area contributed by atoms with Crippen molar-refractivity contribution in [3.05, 3.63) is 79.2 Å². The van der Waals surface area contributed by atoms with Crippen LogP contribution in [0.25, 0.3) is 0 Å². The van der Waals surface area contributed by atoms with E-state index in [1.807, 2.05) is 12.1 Å². The van der Waals surface area contributed by atoms with Crippen LogP contribution in [0.15, 0.2) is 58.4 Å². The Morgan fingerprint density at radius 2 is 1.64 bits per heavy atom. The number of hydrogen-bond acceptors (Lipinski definition) is 8. The Morgan fingerprint density at radius 1 is 0.952 bits per heavy atom. The molecular weight excluding hydrogens is 598 g/mol. The summed E-state index contributed by atoms with van der Waals surface area (Å²) in [5, 5.41) is 0.272. The lowest BCUT2D eigenvalue weighted by Gasteiger charge is -2.31. The van der Waals surface area contributed by atoms with Crippen molar-refractivity contribution in [2.75, 3.05) is 24.6 Å². The molecule has 12 heteroatoms. The summed E-state index contributed by atoms with van der Waals surface area (Å²) in [6, 6.07) is 13.2. The zero-order valence-corrected chi connectivity index (χ0v) is 25.2. The molecule has 3 atom stereocenters. The van der Waals surface area contributed by atoms with Gasteiger partial charge in [-0.3, -0.25) is 23.7 Å². The largest absolute Gasteiger partial charge is 0.462 e. The number of thioether (sulfide) groups is 1. The van der Waals surface area contributed by atoms with Crippen molar-refractivity contribution >= 4 is 64.1 Å². The van der Waals surface area contributed by atoms with Gasteiger partial charge in [0.25, 0.3) is 0 Å². The van der Waals surface area contributed by atoms with E-state index in [2.05, 4.69) is 0 Å². The Bertz CT molecular complexity index is 1610. The first kappa shape index (κ1) is 28.7. The number of amides is 3. The Kier molecular flexibility index (Phi) is 7.99. The van der Waals surface area contributed by atoms with E-state index in [1.165, 1.54) is 28.5 Å². The van der Waals surface area contributed by atoms with Crippen molar-refractivity contribution in [2.45, 2.75) is 48.9 Å². The molecule has 6 rings (SSSR count). The number of esters is 1. The number of nitrogens with zero attached hydrogens (tertiary/aromatic N) is 3. The average Bonchev–Trinajstić information content (AvgIpc) is 3.44. The molecule has 0 spiro atoms. The highest BCUT2D eigenvalue weighted by molar-refractivity contribution is 8.00. The van der Waals surface area contributed by atoms with E-state index < -0.39 is 29.0 Å². The summed E-state index contributed by atoms with van der Waals surface area (Å²) in [4.78, 5) is 69.9. The van der Waals surface area contributed by atoms with Gasteiger partial charge in [0.15, 0.2) is 0 Å². The molecule has 4 heterocycles. The van der Waals surface area contributed by atoms with Crippen LogP contribution in [0.5, 0.6) is 0 Å². The maximum atomic E-state index is 14.0.